The van der Waals surface area contributed by atoms with Crippen molar-refractivity contribution in [2.75, 3.05) is 6.26 Å². The van der Waals surface area contributed by atoms with E-state index >= 15 is 0 Å². The van der Waals surface area contributed by atoms with Gasteiger partial charge in [-0.1, -0.05) is 17.7 Å². The molecule has 1 heterocycles. The van der Waals surface area contributed by atoms with Crippen molar-refractivity contribution < 1.29 is 12.6 Å². The molecule has 90 valence electrons. The van der Waals surface area contributed by atoms with Crippen LogP contribution in [-0.4, -0.2) is 24.6 Å². The summed E-state index contributed by atoms with van der Waals surface area (Å²) in [6, 6.07) is 5.27. The zero-order chi connectivity index (χ0) is 12.5. The van der Waals surface area contributed by atoms with Gasteiger partial charge >= 0.3 is 0 Å². The van der Waals surface area contributed by atoms with Crippen molar-refractivity contribution in [2.45, 2.75) is 6.61 Å². The molecule has 2 rings (SSSR count). The van der Waals surface area contributed by atoms with Crippen LogP contribution in [-0.2, 0) is 20.9 Å². The number of hydrogen-bond donors (Lipinski definition) is 0. The van der Waals surface area contributed by atoms with Gasteiger partial charge in [0, 0.05) is 11.6 Å². The molecule has 0 N–H and O–H groups in total. The Hall–Kier alpha value is -1.24. The van der Waals surface area contributed by atoms with Crippen LogP contribution in [0.5, 0.6) is 0 Å². The molecule has 1 aromatic carbocycles. The fourth-order valence-electron chi connectivity index (χ4n) is 1.29. The lowest BCUT2D eigenvalue weighted by molar-refractivity contribution is 0.302. The molecule has 0 fully saturated rings. The number of benzene rings is 1. The minimum Gasteiger partial charge on any atom is -0.262 e. The SMILES string of the molecule is CS(=O)(=O)OCc1ncc2c(Cl)cccc2n1. The molecule has 0 saturated carbocycles. The largest absolute Gasteiger partial charge is 0.264 e. The van der Waals surface area contributed by atoms with Gasteiger partial charge in [0.2, 0.25) is 0 Å². The lowest BCUT2D eigenvalue weighted by Crippen LogP contribution is -2.05. The first-order chi connectivity index (χ1) is 7.96. The van der Waals surface area contributed by atoms with Crippen LogP contribution in [0.15, 0.2) is 24.4 Å². The summed E-state index contributed by atoms with van der Waals surface area (Å²) in [7, 11) is -3.49. The number of rotatable bonds is 3. The lowest BCUT2D eigenvalue weighted by atomic mass is 10.2. The molecule has 0 aliphatic rings. The van der Waals surface area contributed by atoms with Crippen LogP contribution in [0.3, 0.4) is 0 Å². The zero-order valence-corrected chi connectivity index (χ0v) is 10.5. The van der Waals surface area contributed by atoms with Crippen molar-refractivity contribution in [3.63, 3.8) is 0 Å². The highest BCUT2D eigenvalue weighted by atomic mass is 35.5. The number of nitrogens with zero attached hydrogens (tertiary/aromatic N) is 2. The molecule has 0 atom stereocenters. The summed E-state index contributed by atoms with van der Waals surface area (Å²) in [5.74, 6) is 0.296. The molecular formula is C10H9ClN2O3S. The Morgan fingerprint density at radius 2 is 2.18 bits per heavy atom. The maximum atomic E-state index is 10.8. The molecule has 0 aliphatic heterocycles. The van der Waals surface area contributed by atoms with Gasteiger partial charge < -0.3 is 0 Å². The van der Waals surface area contributed by atoms with E-state index in [4.69, 9.17) is 11.6 Å². The van der Waals surface area contributed by atoms with Crippen molar-refractivity contribution in [2.24, 2.45) is 0 Å². The normalized spacial score (nSPS) is 11.9. The van der Waals surface area contributed by atoms with Crippen molar-refractivity contribution in [1.82, 2.24) is 9.97 Å². The van der Waals surface area contributed by atoms with Gasteiger partial charge in [-0.3, -0.25) is 4.18 Å². The summed E-state index contributed by atoms with van der Waals surface area (Å²) in [6.07, 6.45) is 2.52. The minimum absolute atomic E-state index is 0.179. The van der Waals surface area contributed by atoms with E-state index in [1.807, 2.05) is 0 Å². The molecule has 0 saturated heterocycles. The van der Waals surface area contributed by atoms with Crippen LogP contribution in [0.25, 0.3) is 10.9 Å². The van der Waals surface area contributed by atoms with Gasteiger partial charge in [0.15, 0.2) is 5.82 Å². The first kappa shape index (κ1) is 12.2. The maximum Gasteiger partial charge on any atom is 0.264 e. The van der Waals surface area contributed by atoms with E-state index in [0.29, 0.717) is 16.4 Å². The number of halogens is 1. The molecule has 0 spiro atoms. The zero-order valence-electron chi connectivity index (χ0n) is 8.92. The number of aromatic nitrogens is 2. The fourth-order valence-corrected chi connectivity index (χ4v) is 1.83. The van der Waals surface area contributed by atoms with E-state index < -0.39 is 10.1 Å². The average Bonchev–Trinajstić information content (AvgIpc) is 2.26. The molecule has 0 unspecified atom stereocenters. The number of hydrogen-bond acceptors (Lipinski definition) is 5. The Morgan fingerprint density at radius 1 is 1.41 bits per heavy atom. The maximum absolute atomic E-state index is 10.8. The fraction of sp³-hybridized carbons (Fsp3) is 0.200. The molecule has 0 bridgehead atoms. The summed E-state index contributed by atoms with van der Waals surface area (Å²) in [5.41, 5.74) is 0.652. The third-order valence-corrected chi connectivity index (χ3v) is 2.90. The topological polar surface area (TPSA) is 69.2 Å². The van der Waals surface area contributed by atoms with Crippen LogP contribution in [0.4, 0.5) is 0 Å². The van der Waals surface area contributed by atoms with Crippen LogP contribution >= 0.6 is 11.6 Å². The van der Waals surface area contributed by atoms with Gasteiger partial charge in [-0.2, -0.15) is 8.42 Å². The van der Waals surface area contributed by atoms with Gasteiger partial charge in [0.05, 0.1) is 16.8 Å². The molecule has 1 aromatic heterocycles. The van der Waals surface area contributed by atoms with Gasteiger partial charge in [-0.25, -0.2) is 9.97 Å². The highest BCUT2D eigenvalue weighted by molar-refractivity contribution is 7.85. The Balaban J connectivity index is 2.32. The summed E-state index contributed by atoms with van der Waals surface area (Å²) < 4.78 is 26.3. The highest BCUT2D eigenvalue weighted by Crippen LogP contribution is 2.20. The molecule has 0 amide bonds. The third kappa shape index (κ3) is 3.12. The van der Waals surface area contributed by atoms with E-state index in [0.717, 1.165) is 11.6 Å². The molecule has 2 aromatic rings. The molecular weight excluding hydrogens is 264 g/mol. The van der Waals surface area contributed by atoms with Crippen molar-refractivity contribution in [3.8, 4) is 0 Å². The van der Waals surface area contributed by atoms with Gasteiger partial charge in [0.1, 0.15) is 6.61 Å². The standard InChI is InChI=1S/C10H9ClN2O3S/c1-17(14,15)16-6-10-12-5-7-8(11)3-2-4-9(7)13-10/h2-5H,6H2,1H3. The van der Waals surface area contributed by atoms with Crippen molar-refractivity contribution in [1.29, 1.82) is 0 Å². The van der Waals surface area contributed by atoms with Crippen LogP contribution in [0.1, 0.15) is 5.82 Å². The Bertz CT molecular complexity index is 658. The Morgan fingerprint density at radius 3 is 2.88 bits per heavy atom. The minimum atomic E-state index is -3.49. The highest BCUT2D eigenvalue weighted by Gasteiger charge is 2.06. The van der Waals surface area contributed by atoms with Crippen LogP contribution < -0.4 is 0 Å². The summed E-state index contributed by atoms with van der Waals surface area (Å²) in [5, 5.41) is 1.27. The molecule has 0 aliphatic carbocycles. The second-order valence-corrected chi connectivity index (χ2v) is 5.48. The summed E-state index contributed by atoms with van der Waals surface area (Å²) >= 11 is 5.95. The molecule has 5 nitrogen and oxygen atoms in total. The second kappa shape index (κ2) is 4.56. The van der Waals surface area contributed by atoms with E-state index in [1.165, 1.54) is 0 Å². The van der Waals surface area contributed by atoms with E-state index in [-0.39, 0.29) is 6.61 Å². The predicted octanol–water partition coefficient (Wildman–Crippen LogP) is 1.76. The Kier molecular flexibility index (Phi) is 3.28. The molecule has 17 heavy (non-hydrogen) atoms. The van der Waals surface area contributed by atoms with Gasteiger partial charge in [0.25, 0.3) is 10.1 Å². The van der Waals surface area contributed by atoms with Crippen LogP contribution in [0, 0.1) is 0 Å². The summed E-state index contributed by atoms with van der Waals surface area (Å²) in [6.45, 7) is -0.179. The van der Waals surface area contributed by atoms with E-state index in [2.05, 4.69) is 14.2 Å². The van der Waals surface area contributed by atoms with Crippen molar-refractivity contribution >= 4 is 32.6 Å². The van der Waals surface area contributed by atoms with E-state index in [9.17, 15) is 8.42 Å². The first-order valence-electron chi connectivity index (χ1n) is 4.70. The Labute approximate surface area is 104 Å². The average molecular weight is 273 g/mol. The van der Waals surface area contributed by atoms with E-state index in [1.54, 1.807) is 24.4 Å². The lowest BCUT2D eigenvalue weighted by Gasteiger charge is -2.03. The predicted molar refractivity (Wildman–Crippen MR) is 64.2 cm³/mol. The second-order valence-electron chi connectivity index (χ2n) is 3.43. The smallest absolute Gasteiger partial charge is 0.262 e. The third-order valence-electron chi connectivity index (χ3n) is 2.02. The first-order valence-corrected chi connectivity index (χ1v) is 6.90. The van der Waals surface area contributed by atoms with Gasteiger partial charge in [-0.05, 0) is 12.1 Å². The van der Waals surface area contributed by atoms with Crippen LogP contribution in [0.2, 0.25) is 5.02 Å². The molecule has 7 heteroatoms. The van der Waals surface area contributed by atoms with Gasteiger partial charge in [-0.15, -0.1) is 0 Å². The number of fused-ring (bicyclic) bond motifs is 1. The quantitative estimate of drug-likeness (QED) is 0.797. The molecule has 0 radical (unpaired) electrons. The summed E-state index contributed by atoms with van der Waals surface area (Å²) in [4.78, 5) is 8.14. The monoisotopic (exact) mass is 272 g/mol. The van der Waals surface area contributed by atoms with Crippen molar-refractivity contribution in [3.05, 3.63) is 35.2 Å².